The van der Waals surface area contributed by atoms with E-state index < -0.39 is 4.92 Å². The summed E-state index contributed by atoms with van der Waals surface area (Å²) in [5, 5.41) is 23.6. The second kappa shape index (κ2) is 6.30. The van der Waals surface area contributed by atoms with Crippen molar-refractivity contribution in [2.75, 3.05) is 5.43 Å². The van der Waals surface area contributed by atoms with E-state index in [1.54, 1.807) is 36.4 Å². The molecule has 0 saturated heterocycles. The highest BCUT2D eigenvalue weighted by Crippen LogP contribution is 2.17. The lowest BCUT2D eigenvalue weighted by Gasteiger charge is -2.03. The minimum atomic E-state index is -0.456. The lowest BCUT2D eigenvalue weighted by atomic mass is 10.1. The van der Waals surface area contributed by atoms with Crippen LogP contribution in [0.5, 0.6) is 0 Å². The minimum Gasteiger partial charge on any atom is -0.278 e. The summed E-state index contributed by atoms with van der Waals surface area (Å²) < 4.78 is 0. The Morgan fingerprint density at radius 2 is 2.00 bits per heavy atom. The van der Waals surface area contributed by atoms with Gasteiger partial charge in [-0.3, -0.25) is 15.5 Å². The molecular formula is C15H12N4O2. The van der Waals surface area contributed by atoms with Crippen LogP contribution in [0, 0.1) is 21.4 Å². The van der Waals surface area contributed by atoms with Gasteiger partial charge in [0, 0.05) is 12.1 Å². The number of non-ortho nitro benzene ring substituents is 1. The lowest BCUT2D eigenvalue weighted by molar-refractivity contribution is -0.384. The van der Waals surface area contributed by atoms with E-state index >= 15 is 0 Å². The molecule has 0 bridgehead atoms. The summed E-state index contributed by atoms with van der Waals surface area (Å²) in [6.07, 6.45) is 0. The molecule has 1 N–H and O–H groups in total. The van der Waals surface area contributed by atoms with Crippen LogP contribution in [0.2, 0.25) is 0 Å². The van der Waals surface area contributed by atoms with Crippen molar-refractivity contribution in [1.82, 2.24) is 0 Å². The second-order valence-corrected chi connectivity index (χ2v) is 4.31. The highest BCUT2D eigenvalue weighted by Gasteiger charge is 2.05. The highest BCUT2D eigenvalue weighted by molar-refractivity contribution is 5.99. The number of hydrogen-bond donors (Lipinski definition) is 1. The zero-order valence-corrected chi connectivity index (χ0v) is 11.3. The van der Waals surface area contributed by atoms with Crippen molar-refractivity contribution in [2.24, 2.45) is 5.10 Å². The molecule has 2 aromatic carbocycles. The molecule has 0 aliphatic heterocycles. The van der Waals surface area contributed by atoms with Crippen LogP contribution in [0.25, 0.3) is 0 Å². The third-order valence-corrected chi connectivity index (χ3v) is 2.84. The number of rotatable bonds is 4. The molecule has 0 atom stereocenters. The summed E-state index contributed by atoms with van der Waals surface area (Å²) >= 11 is 0. The predicted octanol–water partition coefficient (Wildman–Crippen LogP) is 3.30. The third-order valence-electron chi connectivity index (χ3n) is 2.84. The molecule has 6 heteroatoms. The Kier molecular flexibility index (Phi) is 4.26. The molecule has 21 heavy (non-hydrogen) atoms. The van der Waals surface area contributed by atoms with Gasteiger partial charge in [0.25, 0.3) is 5.69 Å². The molecule has 0 spiro atoms. The number of nitro groups is 1. The highest BCUT2D eigenvalue weighted by atomic mass is 16.6. The van der Waals surface area contributed by atoms with E-state index in [-0.39, 0.29) is 5.69 Å². The quantitative estimate of drug-likeness (QED) is 0.528. The topological polar surface area (TPSA) is 91.3 Å². The van der Waals surface area contributed by atoms with Crippen LogP contribution in [0.4, 0.5) is 11.4 Å². The molecule has 104 valence electrons. The molecule has 0 aliphatic rings. The van der Waals surface area contributed by atoms with Gasteiger partial charge in [0.15, 0.2) is 0 Å². The Morgan fingerprint density at radius 3 is 2.62 bits per heavy atom. The van der Waals surface area contributed by atoms with Gasteiger partial charge in [-0.15, -0.1) is 0 Å². The monoisotopic (exact) mass is 280 g/mol. The first kappa shape index (κ1) is 14.2. The van der Waals surface area contributed by atoms with E-state index in [4.69, 9.17) is 5.26 Å². The molecule has 0 amide bonds. The van der Waals surface area contributed by atoms with Crippen LogP contribution in [-0.2, 0) is 0 Å². The number of hydrogen-bond acceptors (Lipinski definition) is 5. The van der Waals surface area contributed by atoms with Gasteiger partial charge in [0.05, 0.1) is 28.0 Å². The van der Waals surface area contributed by atoms with Gasteiger partial charge >= 0.3 is 0 Å². The third kappa shape index (κ3) is 3.64. The summed E-state index contributed by atoms with van der Waals surface area (Å²) in [7, 11) is 0. The zero-order valence-electron chi connectivity index (χ0n) is 11.3. The molecule has 0 aliphatic carbocycles. The normalized spacial score (nSPS) is 10.8. The Bertz CT molecular complexity index is 730. The fourth-order valence-corrected chi connectivity index (χ4v) is 1.69. The predicted molar refractivity (Wildman–Crippen MR) is 80.1 cm³/mol. The van der Waals surface area contributed by atoms with Crippen LogP contribution < -0.4 is 5.43 Å². The van der Waals surface area contributed by atoms with Gasteiger partial charge in [-0.1, -0.05) is 18.2 Å². The van der Waals surface area contributed by atoms with Crippen LogP contribution >= 0.6 is 0 Å². The van der Waals surface area contributed by atoms with Gasteiger partial charge in [0.2, 0.25) is 0 Å². The standard InChI is InChI=1S/C15H12N4O2/c1-11(13-7-5-12(10-16)6-8-13)17-18-14-3-2-4-15(9-14)19(20)21/h2-9,18H,1H3/b17-11-. The largest absolute Gasteiger partial charge is 0.278 e. The van der Waals surface area contributed by atoms with Gasteiger partial charge in [-0.25, -0.2) is 0 Å². The first-order valence-corrected chi connectivity index (χ1v) is 6.15. The SMILES string of the molecule is C/C(=N/Nc1cccc([N+](=O)[O-])c1)c1ccc(C#N)cc1. The summed E-state index contributed by atoms with van der Waals surface area (Å²) in [6.45, 7) is 1.81. The van der Waals surface area contributed by atoms with Crippen LogP contribution in [0.15, 0.2) is 53.6 Å². The van der Waals surface area contributed by atoms with Crippen LogP contribution in [0.3, 0.4) is 0 Å². The number of benzene rings is 2. The number of nitrogens with one attached hydrogen (secondary N) is 1. The fourth-order valence-electron chi connectivity index (χ4n) is 1.69. The first-order valence-electron chi connectivity index (χ1n) is 6.15. The molecule has 0 aromatic heterocycles. The molecule has 0 unspecified atom stereocenters. The smallest absolute Gasteiger partial charge is 0.271 e. The molecule has 2 aromatic rings. The minimum absolute atomic E-state index is 0.00576. The average molecular weight is 280 g/mol. The molecule has 0 fully saturated rings. The molecule has 2 rings (SSSR count). The zero-order chi connectivity index (χ0) is 15.2. The van der Waals surface area contributed by atoms with Gasteiger partial charge < -0.3 is 0 Å². The van der Waals surface area contributed by atoms with E-state index in [1.165, 1.54) is 12.1 Å². The number of nitrogens with zero attached hydrogens (tertiary/aromatic N) is 3. The Balaban J connectivity index is 2.14. The molecular weight excluding hydrogens is 268 g/mol. The van der Waals surface area contributed by atoms with E-state index in [0.717, 1.165) is 5.56 Å². The number of nitro benzene ring substituents is 1. The van der Waals surface area contributed by atoms with Crippen molar-refractivity contribution in [3.8, 4) is 6.07 Å². The number of nitriles is 1. The molecule has 0 saturated carbocycles. The van der Waals surface area contributed by atoms with Crippen molar-refractivity contribution in [3.05, 3.63) is 69.8 Å². The Hall–Kier alpha value is -3.20. The van der Waals surface area contributed by atoms with Gasteiger partial charge in [-0.05, 0) is 30.7 Å². The number of hydrazone groups is 1. The van der Waals surface area contributed by atoms with Crippen molar-refractivity contribution in [1.29, 1.82) is 5.26 Å². The maximum absolute atomic E-state index is 10.7. The lowest BCUT2D eigenvalue weighted by Crippen LogP contribution is -2.00. The van der Waals surface area contributed by atoms with Crippen molar-refractivity contribution >= 4 is 17.1 Å². The maximum Gasteiger partial charge on any atom is 0.271 e. The molecule has 6 nitrogen and oxygen atoms in total. The van der Waals surface area contributed by atoms with E-state index in [1.807, 2.05) is 13.0 Å². The maximum atomic E-state index is 10.7. The van der Waals surface area contributed by atoms with E-state index in [2.05, 4.69) is 10.5 Å². The summed E-state index contributed by atoms with van der Waals surface area (Å²) in [4.78, 5) is 10.2. The van der Waals surface area contributed by atoms with E-state index in [9.17, 15) is 10.1 Å². The van der Waals surface area contributed by atoms with Crippen molar-refractivity contribution in [3.63, 3.8) is 0 Å². The summed E-state index contributed by atoms with van der Waals surface area (Å²) in [5.74, 6) is 0. The van der Waals surface area contributed by atoms with E-state index in [0.29, 0.717) is 17.0 Å². The summed E-state index contributed by atoms with van der Waals surface area (Å²) in [5.41, 5.74) is 5.49. The molecule has 0 heterocycles. The van der Waals surface area contributed by atoms with Gasteiger partial charge in [-0.2, -0.15) is 10.4 Å². The average Bonchev–Trinajstić information content (AvgIpc) is 2.53. The van der Waals surface area contributed by atoms with Crippen molar-refractivity contribution < 1.29 is 4.92 Å². The molecule has 0 radical (unpaired) electrons. The van der Waals surface area contributed by atoms with Crippen molar-refractivity contribution in [2.45, 2.75) is 6.92 Å². The second-order valence-electron chi connectivity index (χ2n) is 4.31. The van der Waals surface area contributed by atoms with Crippen LogP contribution in [-0.4, -0.2) is 10.6 Å². The fraction of sp³-hybridized carbons (Fsp3) is 0.0667. The Morgan fingerprint density at radius 1 is 1.29 bits per heavy atom. The van der Waals surface area contributed by atoms with Gasteiger partial charge in [0.1, 0.15) is 0 Å². The van der Waals surface area contributed by atoms with Crippen LogP contribution in [0.1, 0.15) is 18.1 Å². The first-order chi connectivity index (χ1) is 10.1. The number of anilines is 1. The Labute approximate surface area is 121 Å². The summed E-state index contributed by atoms with van der Waals surface area (Å²) in [6, 6.07) is 15.2.